The molecule has 0 spiro atoms. The van der Waals surface area contributed by atoms with Gasteiger partial charge in [-0.2, -0.15) is 0 Å². The molecule has 35 heavy (non-hydrogen) atoms. The first-order chi connectivity index (χ1) is 16.9. The van der Waals surface area contributed by atoms with E-state index in [9.17, 15) is 19.1 Å². The number of rotatable bonds is 8. The van der Waals surface area contributed by atoms with Gasteiger partial charge >= 0.3 is 12.1 Å². The van der Waals surface area contributed by atoms with Crippen LogP contribution in [-0.4, -0.2) is 39.9 Å². The van der Waals surface area contributed by atoms with Gasteiger partial charge in [0.05, 0.1) is 6.42 Å². The van der Waals surface area contributed by atoms with Crippen molar-refractivity contribution in [2.24, 2.45) is 0 Å². The van der Waals surface area contributed by atoms with E-state index in [2.05, 4.69) is 0 Å². The van der Waals surface area contributed by atoms with E-state index in [0.717, 1.165) is 10.5 Å². The average molecular weight is 496 g/mol. The molecule has 0 unspecified atom stereocenters. The van der Waals surface area contributed by atoms with Gasteiger partial charge in [0.15, 0.2) is 0 Å². The summed E-state index contributed by atoms with van der Waals surface area (Å²) >= 11 is 1.52. The Morgan fingerprint density at radius 1 is 0.914 bits per heavy atom. The number of aliphatic carboxylic acids is 1. The van der Waals surface area contributed by atoms with Crippen LogP contribution in [0.2, 0.25) is 0 Å². The van der Waals surface area contributed by atoms with Crippen molar-refractivity contribution < 1.29 is 28.6 Å². The van der Waals surface area contributed by atoms with Crippen molar-refractivity contribution in [2.75, 3.05) is 13.1 Å². The third-order valence-corrected chi connectivity index (χ3v) is 7.31. The van der Waals surface area contributed by atoms with Crippen molar-refractivity contribution in [1.82, 2.24) is 4.90 Å². The topological polar surface area (TPSA) is 76.1 Å². The number of ether oxygens (including phenoxy) is 2. The molecule has 3 aromatic rings. The zero-order chi connectivity index (χ0) is 24.7. The first kappa shape index (κ1) is 24.6. The highest BCUT2D eigenvalue weighted by Gasteiger charge is 2.39. The number of benzene rings is 3. The molecule has 1 amide bonds. The second-order valence-corrected chi connectivity index (χ2v) is 9.95. The van der Waals surface area contributed by atoms with Gasteiger partial charge in [-0.15, -0.1) is 11.8 Å². The Morgan fingerprint density at radius 3 is 2.11 bits per heavy atom. The molecule has 1 aliphatic heterocycles. The molecular weight excluding hydrogens is 469 g/mol. The second kappa shape index (κ2) is 11.3. The quantitative estimate of drug-likeness (QED) is 0.392. The molecule has 6 nitrogen and oxygen atoms in total. The number of piperidine rings is 1. The van der Waals surface area contributed by atoms with Crippen molar-refractivity contribution in [3.63, 3.8) is 0 Å². The second-order valence-electron chi connectivity index (χ2n) is 8.41. The Kier molecular flexibility index (Phi) is 7.92. The van der Waals surface area contributed by atoms with Crippen LogP contribution in [0.4, 0.5) is 9.18 Å². The maximum atomic E-state index is 13.1. The molecule has 0 bridgehead atoms. The first-order valence-corrected chi connectivity index (χ1v) is 12.1. The SMILES string of the molecule is O=C(O)CC1(Sc2ccc(Oc3ccc(F)cc3)cc2)CCN(C(=O)OCc2ccccc2)CC1. The predicted molar refractivity (Wildman–Crippen MR) is 131 cm³/mol. The van der Waals surface area contributed by atoms with E-state index in [-0.39, 0.29) is 24.9 Å². The summed E-state index contributed by atoms with van der Waals surface area (Å²) in [6.45, 7) is 1.07. The van der Waals surface area contributed by atoms with E-state index in [4.69, 9.17) is 9.47 Å². The Hall–Kier alpha value is -3.52. The minimum atomic E-state index is -0.867. The zero-order valence-corrected chi connectivity index (χ0v) is 19.9. The number of hydrogen-bond donors (Lipinski definition) is 1. The summed E-state index contributed by atoms with van der Waals surface area (Å²) in [5.74, 6) is -0.0675. The van der Waals surface area contributed by atoms with E-state index in [1.54, 1.807) is 29.2 Å². The molecule has 1 heterocycles. The molecular formula is C27H26FNO5S. The fourth-order valence-electron chi connectivity index (χ4n) is 3.96. The van der Waals surface area contributed by atoms with E-state index >= 15 is 0 Å². The number of likely N-dealkylation sites (tertiary alicyclic amines) is 1. The van der Waals surface area contributed by atoms with Gasteiger partial charge in [0.25, 0.3) is 0 Å². The van der Waals surface area contributed by atoms with Gasteiger partial charge in [-0.05, 0) is 66.9 Å². The van der Waals surface area contributed by atoms with Crippen LogP contribution in [0.3, 0.4) is 0 Å². The number of carboxylic acids is 1. The highest BCUT2D eigenvalue weighted by Crippen LogP contribution is 2.44. The number of nitrogens with zero attached hydrogens (tertiary/aromatic N) is 1. The maximum absolute atomic E-state index is 13.1. The lowest BCUT2D eigenvalue weighted by atomic mass is 9.92. The monoisotopic (exact) mass is 495 g/mol. The molecule has 4 rings (SSSR count). The number of halogens is 1. The van der Waals surface area contributed by atoms with Gasteiger partial charge in [0.1, 0.15) is 23.9 Å². The molecule has 3 aromatic carbocycles. The van der Waals surface area contributed by atoms with E-state index in [1.807, 2.05) is 42.5 Å². The molecule has 0 saturated carbocycles. The summed E-state index contributed by atoms with van der Waals surface area (Å²) in [7, 11) is 0. The van der Waals surface area contributed by atoms with Crippen molar-refractivity contribution in [1.29, 1.82) is 0 Å². The maximum Gasteiger partial charge on any atom is 0.410 e. The minimum absolute atomic E-state index is 0.00159. The molecule has 0 atom stereocenters. The van der Waals surface area contributed by atoms with Crippen LogP contribution >= 0.6 is 11.8 Å². The van der Waals surface area contributed by atoms with Crippen LogP contribution < -0.4 is 4.74 Å². The van der Waals surface area contributed by atoms with Crippen LogP contribution in [0.1, 0.15) is 24.8 Å². The summed E-state index contributed by atoms with van der Waals surface area (Å²) in [6.07, 6.45) is 0.694. The van der Waals surface area contributed by atoms with Crippen molar-refractivity contribution in [2.45, 2.75) is 35.5 Å². The van der Waals surface area contributed by atoms with E-state index in [0.29, 0.717) is 37.4 Å². The number of carboxylic acid groups (broad SMARTS) is 1. The first-order valence-electron chi connectivity index (χ1n) is 11.3. The minimum Gasteiger partial charge on any atom is -0.481 e. The number of carbonyl (C=O) groups is 2. The predicted octanol–water partition coefficient (Wildman–Crippen LogP) is 6.36. The van der Waals surface area contributed by atoms with Crippen LogP contribution in [0, 0.1) is 5.82 Å². The van der Waals surface area contributed by atoms with Gasteiger partial charge in [-0.25, -0.2) is 9.18 Å². The number of carbonyl (C=O) groups excluding carboxylic acids is 1. The highest BCUT2D eigenvalue weighted by molar-refractivity contribution is 8.00. The van der Waals surface area contributed by atoms with Crippen LogP contribution in [0.15, 0.2) is 83.8 Å². The fourth-order valence-corrected chi connectivity index (χ4v) is 5.32. The zero-order valence-electron chi connectivity index (χ0n) is 19.1. The molecule has 0 radical (unpaired) electrons. The summed E-state index contributed by atoms with van der Waals surface area (Å²) < 4.78 is 23.7. The Balaban J connectivity index is 1.35. The molecule has 1 fully saturated rings. The van der Waals surface area contributed by atoms with Gasteiger partial charge in [0.2, 0.25) is 0 Å². The number of thioether (sulfide) groups is 1. The molecule has 1 aliphatic rings. The lowest BCUT2D eigenvalue weighted by Gasteiger charge is -2.40. The van der Waals surface area contributed by atoms with Crippen molar-refractivity contribution in [3.8, 4) is 11.5 Å². The molecule has 182 valence electrons. The summed E-state index contributed by atoms with van der Waals surface area (Å²) in [5, 5.41) is 9.56. The van der Waals surface area contributed by atoms with Gasteiger partial charge in [0, 0.05) is 22.7 Å². The Morgan fingerprint density at radius 2 is 1.51 bits per heavy atom. The van der Waals surface area contributed by atoms with Crippen LogP contribution in [-0.2, 0) is 16.1 Å². The summed E-state index contributed by atoms with van der Waals surface area (Å²) in [6, 6.07) is 22.6. The number of amides is 1. The van der Waals surface area contributed by atoms with Gasteiger partial charge in [-0.3, -0.25) is 4.79 Å². The lowest BCUT2D eigenvalue weighted by Crippen LogP contribution is -2.46. The summed E-state index contributed by atoms with van der Waals surface area (Å²) in [5.41, 5.74) is 0.917. The van der Waals surface area contributed by atoms with Crippen LogP contribution in [0.25, 0.3) is 0 Å². The molecule has 1 saturated heterocycles. The van der Waals surface area contributed by atoms with Crippen LogP contribution in [0.5, 0.6) is 11.5 Å². The summed E-state index contributed by atoms with van der Waals surface area (Å²) in [4.78, 5) is 26.7. The Bertz CT molecular complexity index is 1130. The third kappa shape index (κ3) is 6.99. The Labute approximate surface area is 207 Å². The molecule has 8 heteroatoms. The lowest BCUT2D eigenvalue weighted by molar-refractivity contribution is -0.137. The highest BCUT2D eigenvalue weighted by atomic mass is 32.2. The largest absolute Gasteiger partial charge is 0.481 e. The van der Waals surface area contributed by atoms with Gasteiger partial charge < -0.3 is 19.5 Å². The standard InChI is InChI=1S/C27H26FNO5S/c28-21-6-8-22(9-7-21)34-23-10-12-24(13-11-23)35-27(18-25(30)31)14-16-29(17-15-27)26(32)33-19-20-4-2-1-3-5-20/h1-13H,14-19H2,(H,30,31). The van der Waals surface area contributed by atoms with Gasteiger partial charge in [-0.1, -0.05) is 30.3 Å². The van der Waals surface area contributed by atoms with Crippen molar-refractivity contribution in [3.05, 3.63) is 90.2 Å². The average Bonchev–Trinajstić information content (AvgIpc) is 2.86. The third-order valence-electron chi connectivity index (χ3n) is 5.82. The van der Waals surface area contributed by atoms with E-state index < -0.39 is 10.7 Å². The van der Waals surface area contributed by atoms with E-state index in [1.165, 1.54) is 23.9 Å². The van der Waals surface area contributed by atoms with Crippen molar-refractivity contribution >= 4 is 23.8 Å². The normalized spacial score (nSPS) is 14.8. The smallest absolute Gasteiger partial charge is 0.410 e. The number of hydrogen-bond acceptors (Lipinski definition) is 5. The molecule has 0 aromatic heterocycles. The fraction of sp³-hybridized carbons (Fsp3) is 0.259. The molecule has 1 N–H and O–H groups in total. The molecule has 0 aliphatic carbocycles.